The number of likely N-dealkylation sites (tertiary alicyclic amines) is 1. The molecule has 1 aliphatic rings. The summed E-state index contributed by atoms with van der Waals surface area (Å²) in [4.78, 5) is 26.0. The van der Waals surface area contributed by atoms with E-state index in [-0.39, 0.29) is 5.91 Å². The molecule has 1 aromatic rings. The van der Waals surface area contributed by atoms with Crippen LogP contribution >= 0.6 is 0 Å². The van der Waals surface area contributed by atoms with Crippen molar-refractivity contribution in [1.82, 2.24) is 4.90 Å². The van der Waals surface area contributed by atoms with Crippen LogP contribution in [0, 0.1) is 17.8 Å². The van der Waals surface area contributed by atoms with Crippen molar-refractivity contribution in [2.45, 2.75) is 47.0 Å². The van der Waals surface area contributed by atoms with Gasteiger partial charge in [-0.05, 0) is 48.8 Å². The van der Waals surface area contributed by atoms with Crippen LogP contribution in [0.2, 0.25) is 0 Å². The number of rotatable bonds is 8. The molecule has 6 heteroatoms. The van der Waals surface area contributed by atoms with E-state index in [1.54, 1.807) is 0 Å². The van der Waals surface area contributed by atoms with E-state index in [4.69, 9.17) is 4.74 Å². The van der Waals surface area contributed by atoms with Crippen molar-refractivity contribution in [3.63, 3.8) is 0 Å². The molecule has 0 saturated carbocycles. The highest BCUT2D eigenvalue weighted by atomic mass is 16.5. The van der Waals surface area contributed by atoms with Gasteiger partial charge in [-0.15, -0.1) is 0 Å². The SMILES string of the molecule is CC(C)COC(=O)Nc1cccc(NCC2CCN(C(=O)CC(C)C)CC2)c1. The van der Waals surface area contributed by atoms with Crippen LogP contribution in [0.4, 0.5) is 16.2 Å². The smallest absolute Gasteiger partial charge is 0.411 e. The molecule has 0 atom stereocenters. The number of nitrogens with one attached hydrogen (secondary N) is 2. The van der Waals surface area contributed by atoms with E-state index >= 15 is 0 Å². The number of benzene rings is 1. The van der Waals surface area contributed by atoms with Gasteiger partial charge in [0.05, 0.1) is 6.61 Å². The van der Waals surface area contributed by atoms with Crippen molar-refractivity contribution in [2.24, 2.45) is 17.8 Å². The summed E-state index contributed by atoms with van der Waals surface area (Å²) in [5.41, 5.74) is 1.69. The Morgan fingerprint density at radius 1 is 1.11 bits per heavy atom. The molecule has 156 valence electrons. The Morgan fingerprint density at radius 3 is 2.43 bits per heavy atom. The lowest BCUT2D eigenvalue weighted by Gasteiger charge is -2.32. The molecule has 1 aromatic carbocycles. The largest absolute Gasteiger partial charge is 0.449 e. The molecule has 0 bridgehead atoms. The molecule has 1 fully saturated rings. The van der Waals surface area contributed by atoms with E-state index in [9.17, 15) is 9.59 Å². The fourth-order valence-corrected chi connectivity index (χ4v) is 3.23. The summed E-state index contributed by atoms with van der Waals surface area (Å²) in [6.45, 7) is 11.1. The lowest BCUT2D eigenvalue weighted by Crippen LogP contribution is -2.40. The molecule has 1 aliphatic heterocycles. The molecule has 6 nitrogen and oxygen atoms in total. The van der Waals surface area contributed by atoms with Gasteiger partial charge in [-0.1, -0.05) is 33.8 Å². The van der Waals surface area contributed by atoms with Gasteiger partial charge in [0.15, 0.2) is 0 Å². The number of carbonyl (C=O) groups is 2. The Balaban J connectivity index is 1.75. The summed E-state index contributed by atoms with van der Waals surface area (Å²) in [5, 5.41) is 6.22. The second kappa shape index (κ2) is 10.9. The van der Waals surface area contributed by atoms with Crippen LogP contribution in [0.3, 0.4) is 0 Å². The first-order valence-electron chi connectivity index (χ1n) is 10.4. The van der Waals surface area contributed by atoms with Gasteiger partial charge in [0, 0.05) is 37.4 Å². The quantitative estimate of drug-likeness (QED) is 0.682. The molecular formula is C22H35N3O3. The highest BCUT2D eigenvalue weighted by molar-refractivity contribution is 5.85. The molecule has 2 N–H and O–H groups in total. The first kappa shape index (κ1) is 22.1. The lowest BCUT2D eigenvalue weighted by atomic mass is 9.96. The Kier molecular flexibility index (Phi) is 8.61. The number of hydrogen-bond donors (Lipinski definition) is 2. The monoisotopic (exact) mass is 389 g/mol. The molecule has 2 amide bonds. The first-order chi connectivity index (χ1) is 13.3. The molecule has 1 saturated heterocycles. The zero-order valence-corrected chi connectivity index (χ0v) is 17.7. The second-order valence-corrected chi connectivity index (χ2v) is 8.50. The minimum atomic E-state index is -0.427. The molecule has 0 aliphatic carbocycles. The number of piperidine rings is 1. The van der Waals surface area contributed by atoms with Gasteiger partial charge in [0.2, 0.25) is 5.91 Å². The fraction of sp³-hybridized carbons (Fsp3) is 0.636. The molecular weight excluding hydrogens is 354 g/mol. The van der Waals surface area contributed by atoms with Gasteiger partial charge >= 0.3 is 6.09 Å². The van der Waals surface area contributed by atoms with Crippen LogP contribution in [0.25, 0.3) is 0 Å². The van der Waals surface area contributed by atoms with Gasteiger partial charge < -0.3 is 15.0 Å². The van der Waals surface area contributed by atoms with Crippen LogP contribution in [0.15, 0.2) is 24.3 Å². The summed E-state index contributed by atoms with van der Waals surface area (Å²) in [6, 6.07) is 7.66. The molecule has 2 rings (SSSR count). The highest BCUT2D eigenvalue weighted by Crippen LogP contribution is 2.21. The van der Waals surface area contributed by atoms with E-state index in [0.29, 0.717) is 36.5 Å². The molecule has 0 unspecified atom stereocenters. The number of nitrogens with zero attached hydrogens (tertiary/aromatic N) is 1. The maximum atomic E-state index is 12.2. The third-order valence-corrected chi connectivity index (χ3v) is 4.80. The number of amides is 2. The van der Waals surface area contributed by atoms with Gasteiger partial charge in [0.25, 0.3) is 0 Å². The topological polar surface area (TPSA) is 70.7 Å². The van der Waals surface area contributed by atoms with Crippen molar-refractivity contribution >= 4 is 23.4 Å². The second-order valence-electron chi connectivity index (χ2n) is 8.50. The molecule has 0 spiro atoms. The van der Waals surface area contributed by atoms with E-state index in [1.807, 2.05) is 43.0 Å². The van der Waals surface area contributed by atoms with Crippen molar-refractivity contribution in [3.05, 3.63) is 24.3 Å². The Morgan fingerprint density at radius 2 is 1.79 bits per heavy atom. The standard InChI is InChI=1S/C22H35N3O3/c1-16(2)12-21(26)25-10-8-18(9-11-25)14-23-19-6-5-7-20(13-19)24-22(27)28-15-17(3)4/h5-7,13,16-18,23H,8-12,14-15H2,1-4H3,(H,24,27). The van der Waals surface area contributed by atoms with Crippen LogP contribution in [0.1, 0.15) is 47.0 Å². The third-order valence-electron chi connectivity index (χ3n) is 4.80. The van der Waals surface area contributed by atoms with Gasteiger partial charge in [0.1, 0.15) is 0 Å². The summed E-state index contributed by atoms with van der Waals surface area (Å²) in [5.74, 6) is 1.56. The Hall–Kier alpha value is -2.24. The van der Waals surface area contributed by atoms with Crippen molar-refractivity contribution < 1.29 is 14.3 Å². The maximum absolute atomic E-state index is 12.2. The average Bonchev–Trinajstić information content (AvgIpc) is 2.65. The van der Waals surface area contributed by atoms with Crippen molar-refractivity contribution in [3.8, 4) is 0 Å². The van der Waals surface area contributed by atoms with Crippen molar-refractivity contribution in [2.75, 3.05) is 36.9 Å². The summed E-state index contributed by atoms with van der Waals surface area (Å²) < 4.78 is 5.15. The Labute approximate surface area is 169 Å². The molecule has 0 aromatic heterocycles. The lowest BCUT2D eigenvalue weighted by molar-refractivity contribution is -0.133. The predicted octanol–water partition coefficient (Wildman–Crippen LogP) is 4.59. The third kappa shape index (κ3) is 7.79. The van der Waals surface area contributed by atoms with Gasteiger partial charge in [-0.2, -0.15) is 0 Å². The average molecular weight is 390 g/mol. The van der Waals surface area contributed by atoms with E-state index in [0.717, 1.165) is 38.2 Å². The summed E-state index contributed by atoms with van der Waals surface area (Å²) in [7, 11) is 0. The van der Waals surface area contributed by atoms with Crippen molar-refractivity contribution in [1.29, 1.82) is 0 Å². The minimum Gasteiger partial charge on any atom is -0.449 e. The van der Waals surface area contributed by atoms with Crippen LogP contribution < -0.4 is 10.6 Å². The van der Waals surface area contributed by atoms with Gasteiger partial charge in [-0.25, -0.2) is 4.79 Å². The fourth-order valence-electron chi connectivity index (χ4n) is 3.23. The summed E-state index contributed by atoms with van der Waals surface area (Å²) in [6.07, 6.45) is 2.26. The normalized spacial score (nSPS) is 15.0. The maximum Gasteiger partial charge on any atom is 0.411 e. The van der Waals surface area contributed by atoms with E-state index in [1.165, 1.54) is 0 Å². The highest BCUT2D eigenvalue weighted by Gasteiger charge is 2.22. The first-order valence-corrected chi connectivity index (χ1v) is 10.4. The number of hydrogen-bond acceptors (Lipinski definition) is 4. The zero-order valence-electron chi connectivity index (χ0n) is 17.7. The van der Waals surface area contributed by atoms with Crippen LogP contribution in [0.5, 0.6) is 0 Å². The van der Waals surface area contributed by atoms with Crippen LogP contribution in [-0.2, 0) is 9.53 Å². The zero-order chi connectivity index (χ0) is 20.5. The molecule has 28 heavy (non-hydrogen) atoms. The number of ether oxygens (including phenoxy) is 1. The van der Waals surface area contributed by atoms with Gasteiger partial charge in [-0.3, -0.25) is 10.1 Å². The Bertz CT molecular complexity index is 638. The van der Waals surface area contributed by atoms with E-state index in [2.05, 4.69) is 24.5 Å². The minimum absolute atomic E-state index is 0.282. The van der Waals surface area contributed by atoms with E-state index < -0.39 is 6.09 Å². The molecule has 1 heterocycles. The molecule has 0 radical (unpaired) electrons. The van der Waals surface area contributed by atoms with Crippen LogP contribution in [-0.4, -0.2) is 43.1 Å². The summed E-state index contributed by atoms with van der Waals surface area (Å²) >= 11 is 0. The predicted molar refractivity (Wildman–Crippen MR) is 113 cm³/mol. The number of carbonyl (C=O) groups excluding carboxylic acids is 2. The number of anilines is 2.